The third kappa shape index (κ3) is 7.70. The molecular weight excluding hydrogens is 428 g/mol. The Kier molecular flexibility index (Phi) is 10.1. The zero-order valence-corrected chi connectivity index (χ0v) is 19.8. The van der Waals surface area contributed by atoms with Crippen molar-refractivity contribution in [2.24, 2.45) is 5.73 Å². The second kappa shape index (κ2) is 13.5. The molecule has 1 saturated heterocycles. The van der Waals surface area contributed by atoms with Crippen LogP contribution in [0.2, 0.25) is 0 Å². The van der Waals surface area contributed by atoms with Crippen LogP contribution in [-0.4, -0.2) is 54.8 Å². The van der Waals surface area contributed by atoms with E-state index in [-0.39, 0.29) is 24.3 Å². The fourth-order valence-electron chi connectivity index (χ4n) is 4.16. The highest BCUT2D eigenvalue weighted by molar-refractivity contribution is 5.98. The molecule has 0 bridgehead atoms. The van der Waals surface area contributed by atoms with Crippen molar-refractivity contribution >= 4 is 17.7 Å². The summed E-state index contributed by atoms with van der Waals surface area (Å²) in [6.07, 6.45) is 6.21. The number of hydrogen-bond acceptors (Lipinski definition) is 4. The van der Waals surface area contributed by atoms with Crippen LogP contribution in [0.5, 0.6) is 0 Å². The van der Waals surface area contributed by atoms with Crippen molar-refractivity contribution in [2.45, 2.75) is 51.0 Å². The molecular formula is C27H36N4O3. The van der Waals surface area contributed by atoms with Gasteiger partial charge in [0.05, 0.1) is 6.54 Å². The molecule has 4 N–H and O–H groups in total. The fourth-order valence-corrected chi connectivity index (χ4v) is 4.16. The number of unbranched alkanes of at least 4 members (excludes halogenated alkanes) is 3. The van der Waals surface area contributed by atoms with Gasteiger partial charge in [0, 0.05) is 18.7 Å². The Morgan fingerprint density at radius 1 is 0.912 bits per heavy atom. The maximum absolute atomic E-state index is 13.1. The number of hydrogen-bond donors (Lipinski definition) is 3. The molecule has 1 unspecified atom stereocenters. The highest BCUT2D eigenvalue weighted by Crippen LogP contribution is 2.19. The second-order valence-electron chi connectivity index (χ2n) is 8.78. The molecule has 0 aromatic heterocycles. The smallest absolute Gasteiger partial charge is 0.251 e. The van der Waals surface area contributed by atoms with Gasteiger partial charge in [-0.2, -0.15) is 0 Å². The summed E-state index contributed by atoms with van der Waals surface area (Å²) in [5.41, 5.74) is 8.11. The SMILES string of the molecule is NCCCCCCNC(=O)CN1CCCCC(NC(=O)c2ccc(-c3ccccc3)cc2)C1=O. The number of amides is 3. The monoisotopic (exact) mass is 464 g/mol. The Bertz CT molecular complexity index is 931. The van der Waals surface area contributed by atoms with Gasteiger partial charge in [0.15, 0.2) is 0 Å². The molecule has 1 aliphatic heterocycles. The number of carbonyl (C=O) groups is 3. The van der Waals surface area contributed by atoms with Gasteiger partial charge in [-0.1, -0.05) is 55.3 Å². The van der Waals surface area contributed by atoms with Crippen molar-refractivity contribution in [2.75, 3.05) is 26.2 Å². The predicted octanol–water partition coefficient (Wildman–Crippen LogP) is 3.10. The first-order chi connectivity index (χ1) is 16.6. The van der Waals surface area contributed by atoms with Crippen LogP contribution in [0.3, 0.4) is 0 Å². The van der Waals surface area contributed by atoms with E-state index in [4.69, 9.17) is 5.73 Å². The first-order valence-corrected chi connectivity index (χ1v) is 12.3. The summed E-state index contributed by atoms with van der Waals surface area (Å²) < 4.78 is 0. The van der Waals surface area contributed by atoms with Crippen LogP contribution < -0.4 is 16.4 Å². The van der Waals surface area contributed by atoms with Gasteiger partial charge in [0.25, 0.3) is 5.91 Å². The highest BCUT2D eigenvalue weighted by atomic mass is 16.2. The van der Waals surface area contributed by atoms with E-state index in [9.17, 15) is 14.4 Å². The van der Waals surface area contributed by atoms with Gasteiger partial charge in [-0.15, -0.1) is 0 Å². The van der Waals surface area contributed by atoms with Crippen LogP contribution >= 0.6 is 0 Å². The number of benzene rings is 2. The topological polar surface area (TPSA) is 105 Å². The number of likely N-dealkylation sites (tertiary alicyclic amines) is 1. The van der Waals surface area contributed by atoms with Crippen LogP contribution in [0.1, 0.15) is 55.3 Å². The minimum Gasteiger partial charge on any atom is -0.355 e. The number of nitrogens with zero attached hydrogens (tertiary/aromatic N) is 1. The molecule has 2 aromatic rings. The Balaban J connectivity index is 1.51. The van der Waals surface area contributed by atoms with Gasteiger partial charge in [-0.3, -0.25) is 14.4 Å². The van der Waals surface area contributed by atoms with Gasteiger partial charge >= 0.3 is 0 Å². The normalized spacial score (nSPS) is 16.1. The van der Waals surface area contributed by atoms with E-state index in [0.29, 0.717) is 31.6 Å². The van der Waals surface area contributed by atoms with Crippen molar-refractivity contribution in [1.82, 2.24) is 15.5 Å². The first kappa shape index (κ1) is 25.4. The maximum atomic E-state index is 13.1. The van der Waals surface area contributed by atoms with Gasteiger partial charge in [-0.25, -0.2) is 0 Å². The molecule has 1 atom stereocenters. The van der Waals surface area contributed by atoms with Crippen LogP contribution in [-0.2, 0) is 9.59 Å². The lowest BCUT2D eigenvalue weighted by Gasteiger charge is -2.24. The zero-order valence-electron chi connectivity index (χ0n) is 19.8. The minimum absolute atomic E-state index is 0.0276. The molecule has 0 radical (unpaired) electrons. The molecule has 1 heterocycles. The average molecular weight is 465 g/mol. The van der Waals surface area contributed by atoms with Gasteiger partial charge < -0.3 is 21.3 Å². The minimum atomic E-state index is -0.618. The molecule has 1 fully saturated rings. The van der Waals surface area contributed by atoms with Crippen LogP contribution in [0.15, 0.2) is 54.6 Å². The third-order valence-electron chi connectivity index (χ3n) is 6.13. The van der Waals surface area contributed by atoms with Crippen molar-refractivity contribution in [3.05, 3.63) is 60.2 Å². The van der Waals surface area contributed by atoms with Crippen molar-refractivity contribution in [1.29, 1.82) is 0 Å². The molecule has 3 rings (SSSR count). The first-order valence-electron chi connectivity index (χ1n) is 12.3. The average Bonchev–Trinajstić information content (AvgIpc) is 3.03. The van der Waals surface area contributed by atoms with E-state index in [1.165, 1.54) is 0 Å². The lowest BCUT2D eigenvalue weighted by Crippen LogP contribution is -2.50. The molecule has 182 valence electrons. The lowest BCUT2D eigenvalue weighted by molar-refractivity contribution is -0.137. The fraction of sp³-hybridized carbons (Fsp3) is 0.444. The van der Waals surface area contributed by atoms with Gasteiger partial charge in [0.1, 0.15) is 6.04 Å². The zero-order chi connectivity index (χ0) is 24.2. The van der Waals surface area contributed by atoms with E-state index < -0.39 is 6.04 Å². The van der Waals surface area contributed by atoms with Crippen LogP contribution in [0.4, 0.5) is 0 Å². The largest absolute Gasteiger partial charge is 0.355 e. The van der Waals surface area contributed by atoms with Crippen molar-refractivity contribution in [3.63, 3.8) is 0 Å². The predicted molar refractivity (Wildman–Crippen MR) is 134 cm³/mol. The van der Waals surface area contributed by atoms with Gasteiger partial charge in [-0.05, 0) is 61.9 Å². The molecule has 7 nitrogen and oxygen atoms in total. The quantitative estimate of drug-likeness (QED) is 0.445. The Labute approximate surface area is 202 Å². The molecule has 7 heteroatoms. The summed E-state index contributed by atoms with van der Waals surface area (Å²) in [5.74, 6) is -0.623. The van der Waals surface area contributed by atoms with E-state index in [1.807, 2.05) is 42.5 Å². The maximum Gasteiger partial charge on any atom is 0.251 e. The molecule has 34 heavy (non-hydrogen) atoms. The van der Waals surface area contributed by atoms with Gasteiger partial charge in [0.2, 0.25) is 11.8 Å². The summed E-state index contributed by atoms with van der Waals surface area (Å²) in [6, 6.07) is 16.7. The number of nitrogens with one attached hydrogen (secondary N) is 2. The molecule has 0 saturated carbocycles. The van der Waals surface area contributed by atoms with E-state index in [0.717, 1.165) is 49.7 Å². The van der Waals surface area contributed by atoms with Crippen molar-refractivity contribution < 1.29 is 14.4 Å². The molecule has 3 amide bonds. The summed E-state index contributed by atoms with van der Waals surface area (Å²) in [5, 5.41) is 5.78. The van der Waals surface area contributed by atoms with E-state index >= 15 is 0 Å². The summed E-state index contributed by atoms with van der Waals surface area (Å²) in [6.45, 7) is 1.85. The molecule has 1 aliphatic rings. The Morgan fingerprint density at radius 3 is 2.35 bits per heavy atom. The van der Waals surface area contributed by atoms with Crippen LogP contribution in [0, 0.1) is 0 Å². The number of carbonyl (C=O) groups excluding carboxylic acids is 3. The highest BCUT2D eigenvalue weighted by Gasteiger charge is 2.29. The van der Waals surface area contributed by atoms with E-state index in [2.05, 4.69) is 10.6 Å². The molecule has 2 aromatic carbocycles. The summed E-state index contributed by atoms with van der Waals surface area (Å²) in [7, 11) is 0. The molecule has 0 aliphatic carbocycles. The Hall–Kier alpha value is -3.19. The van der Waals surface area contributed by atoms with E-state index in [1.54, 1.807) is 17.0 Å². The standard InChI is InChI=1S/C27H36N4O3/c28-17-7-1-2-8-18-29-25(32)20-31-19-9-6-12-24(27(31)34)30-26(33)23-15-13-22(14-16-23)21-10-4-3-5-11-21/h3-5,10-11,13-16,24H,1-2,6-9,12,17-20,28H2,(H,29,32)(H,30,33). The third-order valence-corrected chi connectivity index (χ3v) is 6.13. The number of nitrogens with two attached hydrogens (primary N) is 1. The molecule has 0 spiro atoms. The van der Waals surface area contributed by atoms with Crippen LogP contribution in [0.25, 0.3) is 11.1 Å². The second-order valence-corrected chi connectivity index (χ2v) is 8.78. The Morgan fingerprint density at radius 2 is 1.62 bits per heavy atom. The summed E-state index contributed by atoms with van der Waals surface area (Å²) >= 11 is 0. The van der Waals surface area contributed by atoms with Crippen molar-refractivity contribution in [3.8, 4) is 11.1 Å². The summed E-state index contributed by atoms with van der Waals surface area (Å²) in [4.78, 5) is 39.8. The lowest BCUT2D eigenvalue weighted by atomic mass is 10.0. The number of rotatable bonds is 11.